The summed E-state index contributed by atoms with van der Waals surface area (Å²) in [6.45, 7) is 20.7. The molecule has 0 saturated carbocycles. The zero-order chi connectivity index (χ0) is 88.9. The number of ether oxygens (including phenoxy) is 5. The molecular weight excluding hydrogens is 1620 g/mol. The van der Waals surface area contributed by atoms with Crippen LogP contribution in [-0.4, -0.2) is 133 Å². The van der Waals surface area contributed by atoms with Crippen molar-refractivity contribution in [1.29, 1.82) is 0 Å². The van der Waals surface area contributed by atoms with Gasteiger partial charge >= 0.3 is 47.5 Å². The first kappa shape index (κ1) is 83.1. The van der Waals surface area contributed by atoms with Crippen LogP contribution in [0, 0.1) is 6.92 Å². The molecule has 0 N–H and O–H groups in total. The summed E-state index contributed by atoms with van der Waals surface area (Å²) in [5, 5.41) is 20.6. The number of benzene rings is 11. The average Bonchev–Trinajstić information content (AvgIpc) is 1.58. The van der Waals surface area contributed by atoms with Gasteiger partial charge < -0.3 is 66.2 Å². The van der Waals surface area contributed by atoms with Gasteiger partial charge in [0.1, 0.15) is 0 Å². The minimum atomic E-state index is -0.654. The van der Waals surface area contributed by atoms with E-state index in [1.165, 1.54) is 27.7 Å². The number of carbonyl (C=O) groups excluding carboxylic acids is 11. The van der Waals surface area contributed by atoms with Crippen LogP contribution in [-0.2, 0) is 69.4 Å². The van der Waals surface area contributed by atoms with Crippen molar-refractivity contribution in [3.8, 4) is 23.0 Å². The van der Waals surface area contributed by atoms with Crippen molar-refractivity contribution in [2.45, 2.75) is 88.5 Å². The predicted molar refractivity (Wildman–Crippen MR) is 475 cm³/mol. The fourth-order valence-corrected chi connectivity index (χ4v) is 16.8. The van der Waals surface area contributed by atoms with Gasteiger partial charge in [0.25, 0.3) is 23.1 Å². The Hall–Kier alpha value is -16.2. The molecule has 5 aliphatic heterocycles. The molecule has 5 aliphatic rings. The summed E-state index contributed by atoms with van der Waals surface area (Å²) in [4.78, 5) is 155. The second-order valence-electron chi connectivity index (χ2n) is 30.0. The predicted octanol–water partition coefficient (Wildman–Crippen LogP) is 16.9. The highest BCUT2D eigenvalue weighted by Crippen LogP contribution is 2.47. The smallest absolute Gasteiger partial charge is 0.332 e. The molecule has 1 fully saturated rings. The molecule has 0 amide bonds. The van der Waals surface area contributed by atoms with Crippen LogP contribution in [0.5, 0.6) is 23.0 Å². The second-order valence-corrected chi connectivity index (χ2v) is 30.0. The van der Waals surface area contributed by atoms with Crippen LogP contribution in [0.2, 0.25) is 0 Å². The minimum Gasteiger partial charge on any atom is -0.432 e. The van der Waals surface area contributed by atoms with Crippen molar-refractivity contribution in [2.75, 3.05) is 31.2 Å². The first-order valence-electron chi connectivity index (χ1n) is 40.9. The molecule has 127 heavy (non-hydrogen) atoms. The molecule has 11 aromatic carbocycles. The van der Waals surface area contributed by atoms with Gasteiger partial charge in [0.15, 0.2) is 40.3 Å². The van der Waals surface area contributed by atoms with Crippen LogP contribution < -0.4 is 23.8 Å². The van der Waals surface area contributed by atoms with Gasteiger partial charge in [-0.3, -0.25) is 33.6 Å². The Morgan fingerprint density at radius 3 is 0.976 bits per heavy atom. The van der Waals surface area contributed by atoms with Gasteiger partial charge in [-0.1, -0.05) is 72.8 Å². The molecule has 0 bridgehead atoms. The number of morpholine rings is 1. The maximum Gasteiger partial charge on any atom is 0.332 e. The summed E-state index contributed by atoms with van der Waals surface area (Å²) in [5.74, 6) is -4.21. The summed E-state index contributed by atoms with van der Waals surface area (Å²) in [6, 6.07) is 63.1. The first-order valence-corrected chi connectivity index (χ1v) is 40.9. The third-order valence-corrected chi connectivity index (χ3v) is 22.4. The van der Waals surface area contributed by atoms with E-state index >= 15 is 0 Å². The van der Waals surface area contributed by atoms with E-state index in [9.17, 15) is 52.7 Å². The number of ketones is 7. The number of hydrogen-bond donors (Lipinski definition) is 0. The van der Waals surface area contributed by atoms with Crippen LogP contribution in [0.1, 0.15) is 150 Å². The lowest BCUT2D eigenvalue weighted by Gasteiger charge is -2.28. The van der Waals surface area contributed by atoms with Crippen LogP contribution in [0.15, 0.2) is 227 Å². The van der Waals surface area contributed by atoms with E-state index < -0.39 is 41.2 Å². The largest absolute Gasteiger partial charge is 0.432 e. The molecule has 29 nitrogen and oxygen atoms in total. The van der Waals surface area contributed by atoms with Gasteiger partial charge in [0, 0.05) is 150 Å². The quantitative estimate of drug-likeness (QED) is 0.0522. The molecule has 634 valence electrons. The average molecular weight is 1700 g/mol. The Labute approximate surface area is 722 Å². The SMILES string of the molecule is CCn1c2ccc(C(=O)c3ccc(N4CCOCC4)cc3)cc2c2c3c(ccc21)C(=O)/C(=N/OC(C)=O)O3.CCn1c2ccc(C(=O)c3ccccc3)cc2c2c3c(ccc21)C(=O)/C(=N/OC(C)=O)O3.CCn1c2ccc(C(=O)c3ccccc3C)cc2c2c3c(ccc21)C(=O)/C(=N/OC(C)=O)O3.CCn1c2ccccc2c2c3c(ccc21)C(=O)/C(=N/OC(C)=O)O3. The number of fused-ring (bicyclic) bond motifs is 20. The number of nitrogens with zero attached hydrogens (tertiary/aromatic N) is 9. The summed E-state index contributed by atoms with van der Waals surface area (Å²) in [7, 11) is 0. The van der Waals surface area contributed by atoms with Crippen molar-refractivity contribution >= 4 is 181 Å². The van der Waals surface area contributed by atoms with E-state index in [1.807, 2.05) is 198 Å². The van der Waals surface area contributed by atoms with Crippen LogP contribution in [0.4, 0.5) is 5.69 Å². The Kier molecular flexibility index (Phi) is 22.4. The van der Waals surface area contributed by atoms with Crippen LogP contribution >= 0.6 is 0 Å². The Morgan fingerprint density at radius 2 is 0.622 bits per heavy atom. The van der Waals surface area contributed by atoms with Gasteiger partial charge in [-0.15, -0.1) is 0 Å². The zero-order valence-electron chi connectivity index (χ0n) is 70.0. The van der Waals surface area contributed by atoms with Crippen molar-refractivity contribution in [1.82, 2.24) is 18.3 Å². The standard InChI is InChI=1S/C29H25N3O6.C26H20N2O5.C25H18N2O5.C18H14N2O4/c1-3-32-23-10-6-19(26(34)18-4-7-20(8-5-18)31-12-14-36-15-13-31)16-22(23)25-24(32)11-9-21-27(35)29(37-28(21)25)30-38-17(2)33;1-4-28-20-11-9-16(23(30)17-8-6-5-7-14(17)2)13-19(20)22-21(28)12-10-18-24(31)26(32-25(18)22)27-33-15(3)29;1-3-27-19-11-9-16(22(29)15-7-5-4-6-8-15)13-18(19)21-20(27)12-10-17-23(30)25(31-24(17)21)26-32-14(2)28;1-3-20-13-7-5-4-6-11(13)15-14(20)9-8-12-16(22)18(23-17(12)15)19-24-10(2)21/h4-11,16H,3,12-15H2,1-2H3;5-13H,4H2,1-3H3;4-13H,3H2,1-2H3;4-9H,3H2,1-2H3/b30-29-;27-26-;26-25-;19-18-. The van der Waals surface area contributed by atoms with Crippen molar-refractivity contribution in [3.63, 3.8) is 0 Å². The summed E-state index contributed by atoms with van der Waals surface area (Å²) in [6.07, 6.45) is 0. The fourth-order valence-electron chi connectivity index (χ4n) is 16.8. The lowest BCUT2D eigenvalue weighted by Crippen LogP contribution is -2.36. The summed E-state index contributed by atoms with van der Waals surface area (Å²) in [5.41, 5.74) is 14.2. The normalized spacial score (nSPS) is 14.9. The van der Waals surface area contributed by atoms with E-state index in [2.05, 4.69) is 70.1 Å². The molecule has 0 unspecified atom stereocenters. The first-order chi connectivity index (χ1) is 61.5. The van der Waals surface area contributed by atoms with Gasteiger partial charge in [-0.2, -0.15) is 0 Å². The maximum absolute atomic E-state index is 13.5. The number of rotatable bonds is 15. The zero-order valence-corrected chi connectivity index (χ0v) is 70.0. The van der Waals surface area contributed by atoms with Crippen molar-refractivity contribution in [3.05, 3.63) is 267 Å². The second kappa shape index (κ2) is 34.3. The van der Waals surface area contributed by atoms with Gasteiger partial charge in [-0.05, 0) is 194 Å². The van der Waals surface area contributed by atoms with E-state index in [-0.39, 0.29) is 46.7 Å². The molecule has 0 spiro atoms. The van der Waals surface area contributed by atoms with Crippen LogP contribution in [0.25, 0.3) is 87.2 Å². The van der Waals surface area contributed by atoms with E-state index in [4.69, 9.17) is 23.7 Å². The Balaban J connectivity index is 0.000000121. The molecule has 4 aromatic heterocycles. The highest BCUT2D eigenvalue weighted by molar-refractivity contribution is 6.50. The van der Waals surface area contributed by atoms with Crippen LogP contribution in [0.3, 0.4) is 0 Å². The molecule has 0 atom stereocenters. The van der Waals surface area contributed by atoms with E-state index in [0.717, 1.165) is 102 Å². The Bertz CT molecular complexity index is 7420. The number of carbonyl (C=O) groups is 11. The molecule has 0 aliphatic carbocycles. The van der Waals surface area contributed by atoms with Crippen molar-refractivity contribution in [2.24, 2.45) is 20.6 Å². The third-order valence-electron chi connectivity index (χ3n) is 22.4. The molecule has 1 saturated heterocycles. The number of Topliss-reactive ketones (excluding diaryl/α,β-unsaturated/α-hetero) is 4. The Morgan fingerprint density at radius 1 is 0.323 bits per heavy atom. The maximum atomic E-state index is 13.5. The number of hydrogen-bond acceptors (Lipinski definition) is 25. The molecular formula is C98H77N9O20. The molecule has 15 aromatic rings. The highest BCUT2D eigenvalue weighted by Gasteiger charge is 2.39. The molecule has 0 radical (unpaired) electrons. The van der Waals surface area contributed by atoms with Gasteiger partial charge in [0.05, 0.1) is 79.1 Å². The lowest BCUT2D eigenvalue weighted by atomic mass is 9.97. The van der Waals surface area contributed by atoms with Gasteiger partial charge in [-0.25, -0.2) is 19.2 Å². The number of oxime groups is 4. The van der Waals surface area contributed by atoms with Gasteiger partial charge in [0.2, 0.25) is 0 Å². The van der Waals surface area contributed by atoms with Crippen molar-refractivity contribution < 1.29 is 95.8 Å². The summed E-state index contributed by atoms with van der Waals surface area (Å²) >= 11 is 0. The number of para-hydroxylation sites is 1. The number of aromatic nitrogens is 4. The minimum absolute atomic E-state index is 0.0749. The third kappa shape index (κ3) is 15.1. The highest BCUT2D eigenvalue weighted by atomic mass is 16.7. The number of anilines is 1. The monoisotopic (exact) mass is 1700 g/mol. The molecule has 20 rings (SSSR count). The summed E-state index contributed by atoms with van der Waals surface area (Å²) < 4.78 is 36.9. The lowest BCUT2D eigenvalue weighted by molar-refractivity contribution is -0.142. The number of aryl methyl sites for hydroxylation is 5. The fraction of sp³-hybridized carbons (Fsp3) is 0.173. The molecule has 9 heterocycles. The van der Waals surface area contributed by atoms with E-state index in [1.54, 1.807) is 36.4 Å². The van der Waals surface area contributed by atoms with E-state index in [0.29, 0.717) is 128 Å². The topological polar surface area (TPSA) is 343 Å². The molecule has 29 heteroatoms.